The Labute approximate surface area is 210 Å². The molecule has 0 aliphatic heterocycles. The first-order chi connectivity index (χ1) is 14.0. The first kappa shape index (κ1) is 29.1. The van der Waals surface area contributed by atoms with E-state index in [0.717, 1.165) is 28.7 Å². The summed E-state index contributed by atoms with van der Waals surface area (Å²) in [6.45, 7) is 6.23. The van der Waals surface area contributed by atoms with Crippen molar-refractivity contribution in [3.8, 4) is 28.0 Å². The van der Waals surface area contributed by atoms with E-state index in [-0.39, 0.29) is 24.8 Å². The summed E-state index contributed by atoms with van der Waals surface area (Å²) in [5, 5.41) is 10.2. The first-order valence-corrected chi connectivity index (χ1v) is 10.5. The molecular weight excluding hydrogens is 459 g/mol. The molecule has 1 aliphatic carbocycles. The van der Waals surface area contributed by atoms with E-state index in [2.05, 4.69) is 71.1 Å². The van der Waals surface area contributed by atoms with Crippen molar-refractivity contribution in [3.63, 3.8) is 0 Å². The Morgan fingerprint density at radius 3 is 1.74 bits per heavy atom. The Bertz CT molecular complexity index is 974. The monoisotopic (exact) mass is 487 g/mol. The number of allylic oxidation sites excluding steroid dienone is 4. The maximum Gasteiger partial charge on any atom is 0.124 e. The average molecular weight is 488 g/mol. The SMILES string of the molecule is CC1=[C-]CC=C1.C[C](C)=[Ti+].Cl.Cl.Oc1cccc(-c2ccccc2)c1-c1ccccc1. The molecule has 0 atom stereocenters. The first-order valence-electron chi connectivity index (χ1n) is 9.67. The summed E-state index contributed by atoms with van der Waals surface area (Å²) in [5.41, 5.74) is 5.34. The summed E-state index contributed by atoms with van der Waals surface area (Å²) in [6, 6.07) is 25.7. The molecule has 161 valence electrons. The van der Waals surface area contributed by atoms with Gasteiger partial charge in [-0.1, -0.05) is 79.7 Å². The van der Waals surface area contributed by atoms with Crippen LogP contribution < -0.4 is 0 Å². The summed E-state index contributed by atoms with van der Waals surface area (Å²) >= 11 is 2.08. The average Bonchev–Trinajstić information content (AvgIpc) is 3.20. The number of halogens is 2. The van der Waals surface area contributed by atoms with Gasteiger partial charge >= 0.3 is 37.6 Å². The largest absolute Gasteiger partial charge is 0.507 e. The van der Waals surface area contributed by atoms with Gasteiger partial charge in [0.2, 0.25) is 0 Å². The molecule has 0 saturated heterocycles. The minimum absolute atomic E-state index is 0. The van der Waals surface area contributed by atoms with E-state index in [1.165, 1.54) is 9.38 Å². The van der Waals surface area contributed by atoms with Crippen LogP contribution in [-0.2, 0) is 20.0 Å². The van der Waals surface area contributed by atoms with E-state index in [4.69, 9.17) is 0 Å². The molecule has 1 N–H and O–H groups in total. The van der Waals surface area contributed by atoms with Crippen LogP contribution in [0, 0.1) is 6.08 Å². The predicted molar refractivity (Wildman–Crippen MR) is 136 cm³/mol. The minimum Gasteiger partial charge on any atom is -0.507 e. The van der Waals surface area contributed by atoms with E-state index in [1.54, 1.807) is 6.07 Å². The third kappa shape index (κ3) is 10.3. The summed E-state index contributed by atoms with van der Waals surface area (Å²) < 4.78 is 1.42. The zero-order valence-electron chi connectivity index (χ0n) is 18.1. The van der Waals surface area contributed by atoms with E-state index in [9.17, 15) is 5.11 Å². The molecule has 0 bridgehead atoms. The maximum absolute atomic E-state index is 10.2. The molecule has 0 amide bonds. The molecule has 0 heterocycles. The van der Waals surface area contributed by atoms with Crippen molar-refractivity contribution in [2.24, 2.45) is 0 Å². The Morgan fingerprint density at radius 2 is 1.32 bits per heavy atom. The molecule has 0 aromatic heterocycles. The molecule has 0 spiro atoms. The van der Waals surface area contributed by atoms with Crippen LogP contribution in [-0.4, -0.2) is 8.92 Å². The maximum atomic E-state index is 10.2. The van der Waals surface area contributed by atoms with Crippen LogP contribution >= 0.6 is 24.8 Å². The van der Waals surface area contributed by atoms with E-state index < -0.39 is 0 Å². The van der Waals surface area contributed by atoms with Crippen LogP contribution in [0.2, 0.25) is 0 Å². The van der Waals surface area contributed by atoms with E-state index >= 15 is 0 Å². The molecule has 1 aliphatic rings. The van der Waals surface area contributed by atoms with Crippen molar-refractivity contribution in [2.45, 2.75) is 27.2 Å². The number of phenolic OH excluding ortho intramolecular Hbond substituents is 1. The molecule has 3 aromatic carbocycles. The summed E-state index contributed by atoms with van der Waals surface area (Å²) in [7, 11) is 0. The van der Waals surface area contributed by atoms with Gasteiger partial charge in [0.15, 0.2) is 0 Å². The van der Waals surface area contributed by atoms with Crippen LogP contribution in [0.4, 0.5) is 0 Å². The molecule has 0 unspecified atom stereocenters. The second kappa shape index (κ2) is 15.8. The van der Waals surface area contributed by atoms with E-state index in [1.807, 2.05) is 60.7 Å². The van der Waals surface area contributed by atoms with Crippen LogP contribution in [0.1, 0.15) is 27.2 Å². The standard InChI is InChI=1S/C18H14O.C6H7.C3H6.2ClH.Ti/c19-17-13-7-12-16(14-8-3-1-4-9-14)18(17)15-10-5-2-6-11-15;1-6-4-2-3-5-6;1-3-2;;;/h1-13,19H;2,4H,3H2,1H3;1-2H3;2*1H;/q;-1;;;;+1. The number of phenols is 1. The quantitative estimate of drug-likeness (QED) is 0.286. The fourth-order valence-corrected chi connectivity index (χ4v) is 2.82. The fourth-order valence-electron chi connectivity index (χ4n) is 2.82. The van der Waals surface area contributed by atoms with Gasteiger partial charge in [-0.05, 0) is 22.8 Å². The predicted octanol–water partition coefficient (Wildman–Crippen LogP) is 8.01. The van der Waals surface area contributed by atoms with Gasteiger partial charge in [-0.2, -0.15) is 6.08 Å². The van der Waals surface area contributed by atoms with Gasteiger partial charge in [0.25, 0.3) is 0 Å². The Kier molecular flexibility index (Phi) is 14.9. The van der Waals surface area contributed by atoms with Gasteiger partial charge in [-0.15, -0.1) is 31.2 Å². The van der Waals surface area contributed by atoms with Gasteiger partial charge in [0.05, 0.1) is 0 Å². The van der Waals surface area contributed by atoms with Crippen molar-refractivity contribution in [3.05, 3.63) is 103 Å². The van der Waals surface area contributed by atoms with E-state index in [0.29, 0.717) is 5.75 Å². The molecule has 0 fully saturated rings. The normalized spacial score (nSPS) is 10.8. The third-order valence-corrected chi connectivity index (χ3v) is 4.06. The molecule has 31 heavy (non-hydrogen) atoms. The zero-order chi connectivity index (χ0) is 21.1. The summed E-state index contributed by atoms with van der Waals surface area (Å²) in [5.74, 6) is 0.313. The smallest absolute Gasteiger partial charge is 0.124 e. The summed E-state index contributed by atoms with van der Waals surface area (Å²) in [6.07, 6.45) is 8.33. The third-order valence-electron chi connectivity index (χ3n) is 4.06. The Balaban J connectivity index is 0.000000630. The van der Waals surface area contributed by atoms with Crippen molar-refractivity contribution in [2.75, 3.05) is 0 Å². The number of hydrogen-bond acceptors (Lipinski definition) is 1. The molecular formula is C27H29Cl2OTi. The van der Waals surface area contributed by atoms with Crippen molar-refractivity contribution >= 4 is 28.6 Å². The van der Waals surface area contributed by atoms with Gasteiger partial charge in [0, 0.05) is 5.56 Å². The Hall–Kier alpha value is -1.90. The van der Waals surface area contributed by atoms with Crippen molar-refractivity contribution in [1.82, 2.24) is 0 Å². The molecule has 0 radical (unpaired) electrons. The van der Waals surface area contributed by atoms with Crippen LogP contribution in [0.5, 0.6) is 5.75 Å². The fraction of sp³-hybridized carbons (Fsp3) is 0.148. The second-order valence-electron chi connectivity index (χ2n) is 6.90. The number of aromatic hydroxyl groups is 1. The van der Waals surface area contributed by atoms with Gasteiger partial charge in [-0.25, -0.2) is 11.6 Å². The number of rotatable bonds is 2. The van der Waals surface area contributed by atoms with Crippen LogP contribution in [0.15, 0.2) is 96.6 Å². The molecule has 0 saturated carbocycles. The molecule has 4 rings (SSSR count). The molecule has 4 heteroatoms. The Morgan fingerprint density at radius 1 is 0.806 bits per heavy atom. The topological polar surface area (TPSA) is 20.2 Å². The second-order valence-corrected chi connectivity index (χ2v) is 8.46. The summed E-state index contributed by atoms with van der Waals surface area (Å²) in [4.78, 5) is 0. The molecule has 1 nitrogen and oxygen atoms in total. The van der Waals surface area contributed by atoms with Crippen molar-refractivity contribution in [1.29, 1.82) is 0 Å². The zero-order valence-corrected chi connectivity index (χ0v) is 21.3. The van der Waals surface area contributed by atoms with Gasteiger partial charge in [-0.3, -0.25) is 6.08 Å². The number of hydrogen-bond donors (Lipinski definition) is 1. The van der Waals surface area contributed by atoms with Gasteiger partial charge in [0.1, 0.15) is 5.75 Å². The number of benzene rings is 3. The van der Waals surface area contributed by atoms with Crippen LogP contribution in [0.3, 0.4) is 0 Å². The van der Waals surface area contributed by atoms with Gasteiger partial charge < -0.3 is 5.11 Å². The minimum atomic E-state index is 0. The molecule has 3 aromatic rings. The van der Waals surface area contributed by atoms with Crippen LogP contribution in [0.25, 0.3) is 22.3 Å². The van der Waals surface area contributed by atoms with Crippen molar-refractivity contribution < 1.29 is 25.1 Å².